The average molecular weight is 357 g/mol. The van der Waals surface area contributed by atoms with Crippen LogP contribution in [0.25, 0.3) is 0 Å². The van der Waals surface area contributed by atoms with E-state index in [0.29, 0.717) is 24.1 Å². The van der Waals surface area contributed by atoms with Crippen molar-refractivity contribution in [3.8, 4) is 0 Å². The van der Waals surface area contributed by atoms with Crippen LogP contribution in [0, 0.1) is 5.41 Å². The molecule has 7 nitrogen and oxygen atoms in total. The largest absolute Gasteiger partial charge is 0.351 e. The van der Waals surface area contributed by atoms with Gasteiger partial charge in [-0.3, -0.25) is 5.10 Å². The Balaban J connectivity index is 1.22. The third kappa shape index (κ3) is 3.02. The fourth-order valence-corrected chi connectivity index (χ4v) is 4.03. The second kappa shape index (κ2) is 6.19. The molecule has 1 spiro atoms. The van der Waals surface area contributed by atoms with E-state index in [1.54, 1.807) is 6.20 Å². The molecule has 0 radical (unpaired) electrons. The van der Waals surface area contributed by atoms with Crippen molar-refractivity contribution < 1.29 is 4.39 Å². The molecule has 138 valence electrons. The van der Waals surface area contributed by atoms with Crippen molar-refractivity contribution in [2.24, 2.45) is 5.41 Å². The van der Waals surface area contributed by atoms with Crippen LogP contribution in [0.2, 0.25) is 0 Å². The van der Waals surface area contributed by atoms with Gasteiger partial charge in [-0.1, -0.05) is 0 Å². The van der Waals surface area contributed by atoms with Crippen LogP contribution in [0.5, 0.6) is 0 Å². The molecule has 2 atom stereocenters. The van der Waals surface area contributed by atoms with Gasteiger partial charge in [-0.05, 0) is 38.2 Å². The number of anilines is 3. The fraction of sp³-hybridized carbons (Fsp3) is 0.611. The van der Waals surface area contributed by atoms with Crippen molar-refractivity contribution in [2.45, 2.75) is 50.2 Å². The van der Waals surface area contributed by atoms with Crippen molar-refractivity contribution >= 4 is 17.6 Å². The summed E-state index contributed by atoms with van der Waals surface area (Å²) in [6.07, 6.45) is 5.80. The third-order valence-electron chi connectivity index (χ3n) is 5.96. The van der Waals surface area contributed by atoms with E-state index < -0.39 is 6.17 Å². The zero-order valence-corrected chi connectivity index (χ0v) is 14.6. The van der Waals surface area contributed by atoms with Crippen molar-refractivity contribution in [1.29, 1.82) is 0 Å². The van der Waals surface area contributed by atoms with E-state index in [2.05, 4.69) is 36.1 Å². The summed E-state index contributed by atoms with van der Waals surface area (Å²) in [6.45, 7) is 1.62. The molecule has 2 saturated carbocycles. The lowest BCUT2D eigenvalue weighted by atomic mass is 9.67. The first kappa shape index (κ1) is 16.0. The average Bonchev–Trinajstić information content (AvgIpc) is 3.34. The van der Waals surface area contributed by atoms with Crippen LogP contribution in [0.15, 0.2) is 18.3 Å². The summed E-state index contributed by atoms with van der Waals surface area (Å²) in [7, 11) is 0. The lowest BCUT2D eigenvalue weighted by Gasteiger charge is -2.49. The molecule has 2 aliphatic carbocycles. The monoisotopic (exact) mass is 357 g/mol. The molecule has 5 rings (SSSR count). The van der Waals surface area contributed by atoms with Crippen molar-refractivity contribution in [2.75, 3.05) is 23.7 Å². The Hall–Kier alpha value is -2.22. The van der Waals surface area contributed by atoms with Crippen molar-refractivity contribution in [3.05, 3.63) is 24.0 Å². The van der Waals surface area contributed by atoms with E-state index in [0.717, 1.165) is 31.7 Å². The SMILES string of the molecule is FC1CC(Nc2nccc(Nc3cc(C4CC4)[nH]n3)n2)CCC12CNC2. The van der Waals surface area contributed by atoms with Gasteiger partial charge in [0.2, 0.25) is 5.95 Å². The Morgan fingerprint density at radius 1 is 1.19 bits per heavy atom. The van der Waals surface area contributed by atoms with E-state index in [-0.39, 0.29) is 11.5 Å². The van der Waals surface area contributed by atoms with E-state index in [4.69, 9.17) is 0 Å². The highest BCUT2D eigenvalue weighted by atomic mass is 19.1. The molecule has 2 aromatic heterocycles. The molecule has 3 heterocycles. The summed E-state index contributed by atoms with van der Waals surface area (Å²) in [5.74, 6) is 2.61. The number of hydrogen-bond acceptors (Lipinski definition) is 6. The van der Waals surface area contributed by atoms with Gasteiger partial charge in [-0.25, -0.2) is 9.37 Å². The van der Waals surface area contributed by atoms with E-state index in [1.807, 2.05) is 12.1 Å². The van der Waals surface area contributed by atoms with Gasteiger partial charge in [0.15, 0.2) is 5.82 Å². The van der Waals surface area contributed by atoms with Gasteiger partial charge in [0.25, 0.3) is 0 Å². The molecule has 3 fully saturated rings. The molecule has 8 heteroatoms. The van der Waals surface area contributed by atoms with Crippen LogP contribution in [0.4, 0.5) is 22.0 Å². The summed E-state index contributed by atoms with van der Waals surface area (Å²) in [5, 5.41) is 17.1. The topological polar surface area (TPSA) is 90.5 Å². The maximum Gasteiger partial charge on any atom is 0.224 e. The number of halogens is 1. The Labute approximate surface area is 151 Å². The number of nitrogens with zero attached hydrogens (tertiary/aromatic N) is 3. The Morgan fingerprint density at radius 3 is 2.81 bits per heavy atom. The number of hydrogen-bond donors (Lipinski definition) is 4. The van der Waals surface area contributed by atoms with Crippen LogP contribution in [-0.4, -0.2) is 45.5 Å². The highest BCUT2D eigenvalue weighted by Gasteiger charge is 2.48. The predicted molar refractivity (Wildman–Crippen MR) is 97.3 cm³/mol. The molecule has 26 heavy (non-hydrogen) atoms. The lowest BCUT2D eigenvalue weighted by Crippen LogP contribution is -2.61. The number of alkyl halides is 1. The molecular formula is C18H24FN7. The molecule has 0 bridgehead atoms. The Bertz CT molecular complexity index is 783. The zero-order chi connectivity index (χ0) is 17.6. The quantitative estimate of drug-likeness (QED) is 0.658. The molecule has 1 aliphatic heterocycles. The smallest absolute Gasteiger partial charge is 0.224 e. The second-order valence-corrected chi connectivity index (χ2v) is 7.92. The van der Waals surface area contributed by atoms with E-state index >= 15 is 0 Å². The molecule has 1 saturated heterocycles. The number of H-pyrrole nitrogens is 1. The number of aromatic nitrogens is 4. The highest BCUT2D eigenvalue weighted by molar-refractivity contribution is 5.53. The second-order valence-electron chi connectivity index (χ2n) is 7.92. The third-order valence-corrected chi connectivity index (χ3v) is 5.96. The summed E-state index contributed by atoms with van der Waals surface area (Å²) in [4.78, 5) is 8.79. The van der Waals surface area contributed by atoms with Crippen LogP contribution in [0.1, 0.15) is 43.7 Å². The number of aromatic amines is 1. The molecule has 4 N–H and O–H groups in total. The van der Waals surface area contributed by atoms with Gasteiger partial charge in [0.05, 0.1) is 0 Å². The fourth-order valence-electron chi connectivity index (χ4n) is 4.03. The molecule has 3 aliphatic rings. The molecule has 0 aromatic carbocycles. The minimum absolute atomic E-state index is 0.0818. The summed E-state index contributed by atoms with van der Waals surface area (Å²) < 4.78 is 14.5. The maximum atomic E-state index is 14.5. The minimum atomic E-state index is -0.763. The molecule has 0 amide bonds. The van der Waals surface area contributed by atoms with Crippen molar-refractivity contribution in [3.63, 3.8) is 0 Å². The first-order valence-corrected chi connectivity index (χ1v) is 9.47. The van der Waals surface area contributed by atoms with Gasteiger partial charge >= 0.3 is 0 Å². The zero-order valence-electron chi connectivity index (χ0n) is 14.6. The van der Waals surface area contributed by atoms with Crippen LogP contribution < -0.4 is 16.0 Å². The predicted octanol–water partition coefficient (Wildman–Crippen LogP) is 2.71. The van der Waals surface area contributed by atoms with E-state index in [1.165, 1.54) is 18.5 Å². The molecular weight excluding hydrogens is 333 g/mol. The van der Waals surface area contributed by atoms with Gasteiger partial charge in [0.1, 0.15) is 12.0 Å². The summed E-state index contributed by atoms with van der Waals surface area (Å²) >= 11 is 0. The molecule has 2 aromatic rings. The first-order valence-electron chi connectivity index (χ1n) is 9.47. The summed E-state index contributed by atoms with van der Waals surface area (Å²) in [5.41, 5.74) is 1.05. The summed E-state index contributed by atoms with van der Waals surface area (Å²) in [6, 6.07) is 3.93. The van der Waals surface area contributed by atoms with Crippen LogP contribution >= 0.6 is 0 Å². The number of nitrogens with one attached hydrogen (secondary N) is 4. The standard InChI is InChI=1S/C18H24FN7/c19-14-7-12(3-5-18(14)9-20-10-18)22-17-21-6-4-15(24-17)23-16-8-13(25-26-16)11-1-2-11/h4,6,8,11-12,14,20H,1-3,5,7,9-10H2,(H3,21,22,23,24,25,26). The van der Waals surface area contributed by atoms with Gasteiger partial charge in [0, 0.05) is 48.4 Å². The van der Waals surface area contributed by atoms with Gasteiger partial charge in [-0.2, -0.15) is 10.1 Å². The minimum Gasteiger partial charge on any atom is -0.351 e. The van der Waals surface area contributed by atoms with E-state index in [9.17, 15) is 4.39 Å². The Morgan fingerprint density at radius 2 is 2.08 bits per heavy atom. The van der Waals surface area contributed by atoms with Crippen LogP contribution in [-0.2, 0) is 0 Å². The highest BCUT2D eigenvalue weighted by Crippen LogP contribution is 2.42. The Kier molecular flexibility index (Phi) is 3.81. The number of rotatable bonds is 5. The van der Waals surface area contributed by atoms with Gasteiger partial charge in [-0.15, -0.1) is 0 Å². The lowest BCUT2D eigenvalue weighted by molar-refractivity contribution is 0.00301. The molecule has 2 unspecified atom stereocenters. The van der Waals surface area contributed by atoms with Gasteiger partial charge < -0.3 is 16.0 Å². The first-order chi connectivity index (χ1) is 12.7. The normalized spacial score (nSPS) is 27.1. The van der Waals surface area contributed by atoms with Crippen molar-refractivity contribution in [1.82, 2.24) is 25.5 Å². The van der Waals surface area contributed by atoms with Crippen LogP contribution in [0.3, 0.4) is 0 Å². The maximum absolute atomic E-state index is 14.5.